The van der Waals surface area contributed by atoms with Crippen molar-refractivity contribution in [1.82, 2.24) is 4.57 Å². The molecule has 1 aromatic heterocycles. The summed E-state index contributed by atoms with van der Waals surface area (Å²) in [6.45, 7) is 0. The largest absolute Gasteiger partial charge is 0.310 e. The van der Waals surface area contributed by atoms with Crippen LogP contribution in [0.4, 0.5) is 17.1 Å². The molecule has 272 valence electrons. The number of anilines is 3. The maximum atomic E-state index is 2.42. The Morgan fingerprint density at radius 3 is 1.72 bits per heavy atom. The maximum Gasteiger partial charge on any atom is 0.0547 e. The van der Waals surface area contributed by atoms with Crippen LogP contribution >= 0.6 is 0 Å². The lowest BCUT2D eigenvalue weighted by molar-refractivity contribution is 1.18. The van der Waals surface area contributed by atoms with Crippen LogP contribution in [0.15, 0.2) is 231 Å². The zero-order valence-electron chi connectivity index (χ0n) is 31.8. The molecule has 2 heteroatoms. The molecule has 0 unspecified atom stereocenters. The smallest absolute Gasteiger partial charge is 0.0547 e. The lowest BCUT2D eigenvalue weighted by Gasteiger charge is -2.28. The summed E-state index contributed by atoms with van der Waals surface area (Å²) in [4.78, 5) is 2.42. The number of para-hydroxylation sites is 2. The van der Waals surface area contributed by atoms with Gasteiger partial charge in [0.1, 0.15) is 0 Å². The van der Waals surface area contributed by atoms with Crippen LogP contribution < -0.4 is 4.90 Å². The summed E-state index contributed by atoms with van der Waals surface area (Å²) in [7, 11) is 0. The van der Waals surface area contributed by atoms with Gasteiger partial charge in [-0.25, -0.2) is 0 Å². The number of hydrogen-bond acceptors (Lipinski definition) is 1. The quantitative estimate of drug-likeness (QED) is 0.158. The average molecular weight is 739 g/mol. The molecule has 0 aliphatic heterocycles. The van der Waals surface area contributed by atoms with E-state index in [-0.39, 0.29) is 0 Å². The number of aromatic nitrogens is 1. The first kappa shape index (κ1) is 33.6. The molecule has 0 atom stereocenters. The molecule has 0 aliphatic carbocycles. The van der Waals surface area contributed by atoms with Gasteiger partial charge in [-0.1, -0.05) is 170 Å². The molecule has 0 fully saturated rings. The number of benzene rings is 10. The van der Waals surface area contributed by atoms with Crippen molar-refractivity contribution in [3.05, 3.63) is 231 Å². The SMILES string of the molecule is c1ccc(-c2ccccc2N(c2ccc(-c3cccc4ccccc34)cc2)c2cccc(-c3cccc4c3c3cc5ccccc5cc3n4-c3ccccc3)c2)cc1. The molecule has 0 spiro atoms. The zero-order valence-corrected chi connectivity index (χ0v) is 31.8. The van der Waals surface area contributed by atoms with Gasteiger partial charge in [0.05, 0.1) is 16.7 Å². The molecule has 0 saturated heterocycles. The van der Waals surface area contributed by atoms with Crippen molar-refractivity contribution >= 4 is 60.4 Å². The van der Waals surface area contributed by atoms with Gasteiger partial charge in [0, 0.05) is 33.4 Å². The van der Waals surface area contributed by atoms with E-state index >= 15 is 0 Å². The lowest BCUT2D eigenvalue weighted by Crippen LogP contribution is -2.11. The second kappa shape index (κ2) is 14.1. The van der Waals surface area contributed by atoms with Gasteiger partial charge in [0.15, 0.2) is 0 Å². The van der Waals surface area contributed by atoms with Crippen LogP contribution in [0.3, 0.4) is 0 Å². The molecule has 10 aromatic carbocycles. The Hall–Kier alpha value is -7.68. The van der Waals surface area contributed by atoms with Crippen molar-refractivity contribution in [2.75, 3.05) is 4.90 Å². The van der Waals surface area contributed by atoms with Gasteiger partial charge in [-0.3, -0.25) is 0 Å². The topological polar surface area (TPSA) is 8.17 Å². The molecular weight excluding hydrogens is 701 g/mol. The standard InChI is InChI=1S/C56H38N2/c1-3-16-40(17-4-1)50-27-11-12-30-53(50)57(46-34-32-41(33-35-46)49-28-14-21-39-18-9-10-26-48(39)49)47-25-13-22-44(36-47)51-29-15-31-54-56(51)52-37-42-19-7-8-20-43(42)38-55(52)58(54)45-23-5-2-6-24-45/h1-38H. The predicted octanol–water partition coefficient (Wildman–Crippen LogP) is 15.6. The van der Waals surface area contributed by atoms with Crippen LogP contribution in [-0.2, 0) is 0 Å². The van der Waals surface area contributed by atoms with Crippen LogP contribution in [-0.4, -0.2) is 4.57 Å². The van der Waals surface area contributed by atoms with Gasteiger partial charge in [-0.2, -0.15) is 0 Å². The van der Waals surface area contributed by atoms with E-state index in [1.807, 2.05) is 0 Å². The summed E-state index contributed by atoms with van der Waals surface area (Å²) in [5, 5.41) is 7.47. The Kier molecular flexibility index (Phi) is 8.19. The highest BCUT2D eigenvalue weighted by atomic mass is 15.1. The van der Waals surface area contributed by atoms with Gasteiger partial charge in [0.2, 0.25) is 0 Å². The van der Waals surface area contributed by atoms with E-state index in [4.69, 9.17) is 0 Å². The minimum atomic E-state index is 1.09. The molecule has 0 radical (unpaired) electrons. The Labute approximate surface area is 338 Å². The highest BCUT2D eigenvalue weighted by Gasteiger charge is 2.21. The first-order chi connectivity index (χ1) is 28.8. The van der Waals surface area contributed by atoms with Crippen LogP contribution in [0.1, 0.15) is 0 Å². The summed E-state index contributed by atoms with van der Waals surface area (Å²) in [6.07, 6.45) is 0. The van der Waals surface area contributed by atoms with Crippen molar-refractivity contribution in [3.63, 3.8) is 0 Å². The minimum absolute atomic E-state index is 1.09. The van der Waals surface area contributed by atoms with Gasteiger partial charge in [0.25, 0.3) is 0 Å². The van der Waals surface area contributed by atoms with Gasteiger partial charge >= 0.3 is 0 Å². The van der Waals surface area contributed by atoms with Gasteiger partial charge in [-0.15, -0.1) is 0 Å². The Balaban J connectivity index is 1.12. The first-order valence-electron chi connectivity index (χ1n) is 19.9. The highest BCUT2D eigenvalue weighted by Crippen LogP contribution is 2.45. The molecule has 11 aromatic rings. The van der Waals surface area contributed by atoms with E-state index in [1.165, 1.54) is 71.2 Å². The van der Waals surface area contributed by atoms with Crippen molar-refractivity contribution in [2.24, 2.45) is 0 Å². The van der Waals surface area contributed by atoms with Crippen molar-refractivity contribution in [3.8, 4) is 39.1 Å². The molecule has 0 N–H and O–H groups in total. The summed E-state index contributed by atoms with van der Waals surface area (Å²) < 4.78 is 2.42. The minimum Gasteiger partial charge on any atom is -0.310 e. The molecule has 58 heavy (non-hydrogen) atoms. The highest BCUT2D eigenvalue weighted by molar-refractivity contribution is 6.18. The number of rotatable bonds is 7. The average Bonchev–Trinajstić information content (AvgIpc) is 3.62. The Morgan fingerprint density at radius 1 is 0.310 bits per heavy atom. The molecule has 2 nitrogen and oxygen atoms in total. The maximum absolute atomic E-state index is 2.42. The van der Waals surface area contributed by atoms with E-state index in [9.17, 15) is 0 Å². The summed E-state index contributed by atoms with van der Waals surface area (Å²) in [6, 6.07) is 83.7. The molecule has 0 bridgehead atoms. The predicted molar refractivity (Wildman–Crippen MR) is 247 cm³/mol. The van der Waals surface area contributed by atoms with Crippen LogP contribution in [0.2, 0.25) is 0 Å². The van der Waals surface area contributed by atoms with E-state index in [0.717, 1.165) is 28.3 Å². The Bertz CT molecular complexity index is 3260. The van der Waals surface area contributed by atoms with E-state index < -0.39 is 0 Å². The summed E-state index contributed by atoms with van der Waals surface area (Å²) >= 11 is 0. The third-order valence-corrected chi connectivity index (χ3v) is 11.5. The van der Waals surface area contributed by atoms with Gasteiger partial charge in [-0.05, 0) is 110 Å². The van der Waals surface area contributed by atoms with Crippen LogP contribution in [0.5, 0.6) is 0 Å². The fraction of sp³-hybridized carbons (Fsp3) is 0. The first-order valence-corrected chi connectivity index (χ1v) is 19.9. The molecule has 0 saturated carbocycles. The summed E-state index contributed by atoms with van der Waals surface area (Å²) in [5.74, 6) is 0. The molecule has 11 rings (SSSR count). The fourth-order valence-electron chi connectivity index (χ4n) is 8.89. The molecule has 0 amide bonds. The monoisotopic (exact) mass is 738 g/mol. The van der Waals surface area contributed by atoms with Crippen LogP contribution in [0, 0.1) is 0 Å². The second-order valence-electron chi connectivity index (χ2n) is 14.9. The van der Waals surface area contributed by atoms with Crippen molar-refractivity contribution < 1.29 is 0 Å². The molecule has 1 heterocycles. The lowest BCUT2D eigenvalue weighted by atomic mass is 9.96. The molecule has 0 aliphatic rings. The number of nitrogens with zero attached hydrogens (tertiary/aromatic N) is 2. The third-order valence-electron chi connectivity index (χ3n) is 11.5. The van der Waals surface area contributed by atoms with E-state index in [1.54, 1.807) is 0 Å². The summed E-state index contributed by atoms with van der Waals surface area (Å²) in [5.41, 5.74) is 14.0. The van der Waals surface area contributed by atoms with Crippen molar-refractivity contribution in [2.45, 2.75) is 0 Å². The molecular formula is C56H38N2. The zero-order chi connectivity index (χ0) is 38.4. The normalized spacial score (nSPS) is 11.4. The van der Waals surface area contributed by atoms with E-state index in [2.05, 4.69) is 240 Å². The van der Waals surface area contributed by atoms with Gasteiger partial charge < -0.3 is 9.47 Å². The third kappa shape index (κ3) is 5.74. The van der Waals surface area contributed by atoms with E-state index in [0.29, 0.717) is 0 Å². The van der Waals surface area contributed by atoms with Crippen LogP contribution in [0.25, 0.3) is 82.4 Å². The number of hydrogen-bond donors (Lipinski definition) is 0. The van der Waals surface area contributed by atoms with Crippen molar-refractivity contribution in [1.29, 1.82) is 0 Å². The number of fused-ring (bicyclic) bond motifs is 5. The Morgan fingerprint density at radius 2 is 0.897 bits per heavy atom. The fourth-order valence-corrected chi connectivity index (χ4v) is 8.89. The second-order valence-corrected chi connectivity index (χ2v) is 14.9.